The van der Waals surface area contributed by atoms with Gasteiger partial charge in [-0.2, -0.15) is 0 Å². The quantitative estimate of drug-likeness (QED) is 0.658. The summed E-state index contributed by atoms with van der Waals surface area (Å²) in [7, 11) is 0. The summed E-state index contributed by atoms with van der Waals surface area (Å²) in [5.41, 5.74) is 2.38. The van der Waals surface area contributed by atoms with E-state index in [-0.39, 0.29) is 0 Å². The number of hydrogen-bond donors (Lipinski definition) is 0. The maximum absolute atomic E-state index is 5.95. The Kier molecular flexibility index (Phi) is 2.82. The SMILES string of the molecule is Cc1ccc(Cl)cc1-c1ccc(Cl)s1. The second kappa shape index (κ2) is 3.93. The molecule has 2 rings (SSSR count). The molecule has 3 heteroatoms. The number of hydrogen-bond acceptors (Lipinski definition) is 1. The molecule has 0 atom stereocenters. The van der Waals surface area contributed by atoms with Gasteiger partial charge in [0.15, 0.2) is 0 Å². The van der Waals surface area contributed by atoms with Gasteiger partial charge in [-0.1, -0.05) is 29.3 Å². The van der Waals surface area contributed by atoms with Crippen molar-refractivity contribution in [1.82, 2.24) is 0 Å². The monoisotopic (exact) mass is 242 g/mol. The Balaban J connectivity index is 2.55. The van der Waals surface area contributed by atoms with Crippen LogP contribution in [0.1, 0.15) is 5.56 Å². The molecule has 0 spiro atoms. The van der Waals surface area contributed by atoms with Gasteiger partial charge in [-0.25, -0.2) is 0 Å². The lowest BCUT2D eigenvalue weighted by atomic mass is 10.1. The molecule has 0 aliphatic carbocycles. The number of halogens is 2. The van der Waals surface area contributed by atoms with Crippen LogP contribution < -0.4 is 0 Å². The normalized spacial score (nSPS) is 10.5. The summed E-state index contributed by atoms with van der Waals surface area (Å²) in [4.78, 5) is 1.16. The molecule has 72 valence electrons. The lowest BCUT2D eigenvalue weighted by Gasteiger charge is -2.02. The fourth-order valence-corrected chi connectivity index (χ4v) is 2.62. The summed E-state index contributed by atoms with van der Waals surface area (Å²) in [6.45, 7) is 2.07. The zero-order valence-corrected chi connectivity index (χ0v) is 9.88. The summed E-state index contributed by atoms with van der Waals surface area (Å²) in [6.07, 6.45) is 0. The molecule has 14 heavy (non-hydrogen) atoms. The van der Waals surface area contributed by atoms with Crippen LogP contribution in [0.25, 0.3) is 10.4 Å². The van der Waals surface area contributed by atoms with E-state index in [0.29, 0.717) is 0 Å². The van der Waals surface area contributed by atoms with Gasteiger partial charge in [0.2, 0.25) is 0 Å². The van der Waals surface area contributed by atoms with Crippen molar-refractivity contribution in [3.05, 3.63) is 45.3 Å². The average molecular weight is 243 g/mol. The minimum absolute atomic E-state index is 0.759. The first-order valence-corrected chi connectivity index (χ1v) is 5.76. The minimum Gasteiger partial charge on any atom is -0.123 e. The highest BCUT2D eigenvalue weighted by Crippen LogP contribution is 2.34. The summed E-state index contributed by atoms with van der Waals surface area (Å²) in [5, 5.41) is 0.759. The summed E-state index contributed by atoms with van der Waals surface area (Å²) < 4.78 is 0.805. The van der Waals surface area contributed by atoms with Crippen LogP contribution in [0.3, 0.4) is 0 Å². The number of rotatable bonds is 1. The molecular formula is C11H8Cl2S. The highest BCUT2D eigenvalue weighted by molar-refractivity contribution is 7.19. The van der Waals surface area contributed by atoms with Crippen LogP contribution in [-0.2, 0) is 0 Å². The van der Waals surface area contributed by atoms with Crippen LogP contribution in [-0.4, -0.2) is 0 Å². The van der Waals surface area contributed by atoms with Crippen molar-refractivity contribution in [1.29, 1.82) is 0 Å². The lowest BCUT2D eigenvalue weighted by Crippen LogP contribution is -1.78. The second-order valence-corrected chi connectivity index (χ2v) is 5.21. The van der Waals surface area contributed by atoms with E-state index in [4.69, 9.17) is 23.2 Å². The van der Waals surface area contributed by atoms with Gasteiger partial charge in [0.25, 0.3) is 0 Å². The first-order chi connectivity index (χ1) is 6.66. The molecular weight excluding hydrogens is 235 g/mol. The molecule has 0 aliphatic rings. The molecule has 0 saturated carbocycles. The van der Waals surface area contributed by atoms with Gasteiger partial charge in [0.05, 0.1) is 4.34 Å². The van der Waals surface area contributed by atoms with Gasteiger partial charge in [-0.05, 0) is 42.3 Å². The van der Waals surface area contributed by atoms with E-state index in [9.17, 15) is 0 Å². The van der Waals surface area contributed by atoms with Crippen molar-refractivity contribution in [2.75, 3.05) is 0 Å². The minimum atomic E-state index is 0.759. The maximum atomic E-state index is 5.95. The molecule has 2 aromatic rings. The van der Waals surface area contributed by atoms with Gasteiger partial charge >= 0.3 is 0 Å². The second-order valence-electron chi connectivity index (χ2n) is 3.06. The van der Waals surface area contributed by atoms with E-state index in [1.807, 2.05) is 30.3 Å². The molecule has 0 bridgehead atoms. The molecule has 0 N–H and O–H groups in total. The topological polar surface area (TPSA) is 0 Å². The molecule has 0 amide bonds. The highest BCUT2D eigenvalue weighted by atomic mass is 35.5. The molecule has 0 saturated heterocycles. The van der Waals surface area contributed by atoms with Crippen molar-refractivity contribution in [2.24, 2.45) is 0 Å². The van der Waals surface area contributed by atoms with E-state index in [1.54, 1.807) is 11.3 Å². The fraction of sp³-hybridized carbons (Fsp3) is 0.0909. The van der Waals surface area contributed by atoms with Crippen LogP contribution in [0, 0.1) is 6.92 Å². The summed E-state index contributed by atoms with van der Waals surface area (Å²) in [6, 6.07) is 9.81. The van der Waals surface area contributed by atoms with Gasteiger partial charge in [-0.3, -0.25) is 0 Å². The van der Waals surface area contributed by atoms with Gasteiger partial charge in [0, 0.05) is 9.90 Å². The molecule has 0 aliphatic heterocycles. The Morgan fingerprint density at radius 3 is 2.50 bits per heavy atom. The number of benzene rings is 1. The van der Waals surface area contributed by atoms with Crippen molar-refractivity contribution in [3.63, 3.8) is 0 Å². The first-order valence-electron chi connectivity index (χ1n) is 4.18. The number of aryl methyl sites for hydroxylation is 1. The van der Waals surface area contributed by atoms with E-state index in [2.05, 4.69) is 6.92 Å². The van der Waals surface area contributed by atoms with Crippen molar-refractivity contribution < 1.29 is 0 Å². The van der Waals surface area contributed by atoms with E-state index in [1.165, 1.54) is 5.56 Å². The van der Waals surface area contributed by atoms with E-state index < -0.39 is 0 Å². The average Bonchev–Trinajstić information content (AvgIpc) is 2.56. The van der Waals surface area contributed by atoms with Crippen molar-refractivity contribution in [3.8, 4) is 10.4 Å². The Bertz CT molecular complexity index is 460. The molecule has 1 aromatic heterocycles. The zero-order valence-electron chi connectivity index (χ0n) is 7.55. The number of thiophene rings is 1. The van der Waals surface area contributed by atoms with E-state index in [0.717, 1.165) is 19.8 Å². The fourth-order valence-electron chi connectivity index (χ4n) is 1.32. The summed E-state index contributed by atoms with van der Waals surface area (Å²) >= 11 is 13.4. The predicted octanol–water partition coefficient (Wildman–Crippen LogP) is 5.03. The van der Waals surface area contributed by atoms with Gasteiger partial charge < -0.3 is 0 Å². The zero-order chi connectivity index (χ0) is 10.1. The third-order valence-electron chi connectivity index (χ3n) is 2.04. The van der Waals surface area contributed by atoms with Gasteiger partial charge in [0.1, 0.15) is 0 Å². The smallest absolute Gasteiger partial charge is 0.0934 e. The lowest BCUT2D eigenvalue weighted by molar-refractivity contribution is 1.48. The largest absolute Gasteiger partial charge is 0.123 e. The van der Waals surface area contributed by atoms with Crippen LogP contribution >= 0.6 is 34.5 Å². The maximum Gasteiger partial charge on any atom is 0.0934 e. The van der Waals surface area contributed by atoms with Crippen LogP contribution in [0.2, 0.25) is 9.36 Å². The summed E-state index contributed by atoms with van der Waals surface area (Å²) in [5.74, 6) is 0. The Morgan fingerprint density at radius 1 is 1.07 bits per heavy atom. The van der Waals surface area contributed by atoms with E-state index >= 15 is 0 Å². The standard InChI is InChI=1S/C11H8Cl2S/c1-7-2-3-8(12)6-9(7)10-4-5-11(13)14-10/h2-6H,1H3. The molecule has 0 unspecified atom stereocenters. The molecule has 0 nitrogen and oxygen atoms in total. The van der Waals surface area contributed by atoms with Crippen LogP contribution in [0.15, 0.2) is 30.3 Å². The Morgan fingerprint density at radius 2 is 1.86 bits per heavy atom. The third-order valence-corrected chi connectivity index (χ3v) is 3.54. The first kappa shape index (κ1) is 10.0. The van der Waals surface area contributed by atoms with Crippen LogP contribution in [0.4, 0.5) is 0 Å². The van der Waals surface area contributed by atoms with Crippen LogP contribution in [0.5, 0.6) is 0 Å². The molecule has 0 radical (unpaired) electrons. The van der Waals surface area contributed by atoms with Crippen molar-refractivity contribution in [2.45, 2.75) is 6.92 Å². The molecule has 1 heterocycles. The Labute approximate surface area is 97.1 Å². The Hall–Kier alpha value is -0.500. The van der Waals surface area contributed by atoms with Crippen molar-refractivity contribution >= 4 is 34.5 Å². The third kappa shape index (κ3) is 1.95. The highest BCUT2D eigenvalue weighted by Gasteiger charge is 2.05. The van der Waals surface area contributed by atoms with Gasteiger partial charge in [-0.15, -0.1) is 11.3 Å². The predicted molar refractivity (Wildman–Crippen MR) is 64.5 cm³/mol. The molecule has 0 fully saturated rings. The molecule has 1 aromatic carbocycles.